The van der Waals surface area contributed by atoms with E-state index in [9.17, 15) is 13.2 Å². The van der Waals surface area contributed by atoms with Crippen molar-refractivity contribution in [2.75, 3.05) is 5.75 Å². The van der Waals surface area contributed by atoms with Gasteiger partial charge in [0, 0.05) is 17.0 Å². The summed E-state index contributed by atoms with van der Waals surface area (Å²) in [5.41, 5.74) is 1.45. The highest BCUT2D eigenvalue weighted by atomic mass is 32.2. The fourth-order valence-electron chi connectivity index (χ4n) is 1.84. The Balaban J connectivity index is 2.12. The summed E-state index contributed by atoms with van der Waals surface area (Å²) in [5.74, 6) is -0.833. The van der Waals surface area contributed by atoms with Crippen LogP contribution in [0.25, 0.3) is 11.3 Å². The Hall–Kier alpha value is -1.73. The summed E-state index contributed by atoms with van der Waals surface area (Å²) in [6.45, 7) is 5.78. The molecule has 1 aromatic heterocycles. The lowest BCUT2D eigenvalue weighted by molar-refractivity contribution is -0.119. The van der Waals surface area contributed by atoms with Crippen LogP contribution in [-0.4, -0.2) is 31.1 Å². The number of aromatic nitrogens is 1. The van der Waals surface area contributed by atoms with Crippen LogP contribution in [0.1, 0.15) is 20.8 Å². The van der Waals surface area contributed by atoms with Crippen molar-refractivity contribution in [2.24, 2.45) is 5.92 Å². The molecule has 2 aromatic rings. The molecule has 0 fully saturated rings. The summed E-state index contributed by atoms with van der Waals surface area (Å²) in [6.07, 6.45) is 0. The van der Waals surface area contributed by atoms with E-state index < -0.39 is 21.5 Å². The van der Waals surface area contributed by atoms with Gasteiger partial charge in [-0.25, -0.2) is 13.4 Å². The van der Waals surface area contributed by atoms with Gasteiger partial charge in [0.05, 0.1) is 5.69 Å². The number of amides is 1. The van der Waals surface area contributed by atoms with Gasteiger partial charge >= 0.3 is 0 Å². The Kier molecular flexibility index (Phi) is 5.54. The molecule has 0 aliphatic rings. The molecule has 0 saturated carbocycles. The molecule has 1 unspecified atom stereocenters. The minimum absolute atomic E-state index is 0.0243. The van der Waals surface area contributed by atoms with E-state index in [-0.39, 0.29) is 16.3 Å². The zero-order chi connectivity index (χ0) is 17.0. The van der Waals surface area contributed by atoms with E-state index in [2.05, 4.69) is 10.3 Å². The van der Waals surface area contributed by atoms with Gasteiger partial charge in [-0.15, -0.1) is 11.3 Å². The van der Waals surface area contributed by atoms with Gasteiger partial charge in [0.15, 0.2) is 0 Å². The molecule has 1 atom stereocenters. The van der Waals surface area contributed by atoms with Crippen LogP contribution in [0.2, 0.25) is 0 Å². The highest BCUT2D eigenvalue weighted by molar-refractivity contribution is 7.94. The van der Waals surface area contributed by atoms with E-state index in [1.807, 2.05) is 51.1 Å². The van der Waals surface area contributed by atoms with Gasteiger partial charge in [-0.05, 0) is 12.8 Å². The van der Waals surface area contributed by atoms with Crippen LogP contribution in [0.3, 0.4) is 0 Å². The normalized spacial score (nSPS) is 13.0. The molecule has 0 spiro atoms. The number of sulfone groups is 1. The Morgan fingerprint density at radius 1 is 1.22 bits per heavy atom. The lowest BCUT2D eigenvalue weighted by atomic mass is 10.1. The Morgan fingerprint density at radius 2 is 1.87 bits per heavy atom. The first kappa shape index (κ1) is 17.6. The Labute approximate surface area is 140 Å². The average molecular weight is 352 g/mol. The molecule has 1 heterocycles. The molecule has 2 rings (SSSR count). The standard InChI is InChI=1S/C16H20N2O3S2/c1-11(2)12(3)17-15(19)10-23(20,21)16-18-14(9-22-16)13-7-5-4-6-8-13/h4-9,11-12H,10H2,1-3H3,(H,17,19). The van der Waals surface area contributed by atoms with Crippen LogP contribution >= 0.6 is 11.3 Å². The van der Waals surface area contributed by atoms with Gasteiger partial charge < -0.3 is 5.32 Å². The number of carbonyl (C=O) groups is 1. The van der Waals surface area contributed by atoms with E-state index in [0.717, 1.165) is 16.9 Å². The fraction of sp³-hybridized carbons (Fsp3) is 0.375. The molecular weight excluding hydrogens is 332 g/mol. The first-order valence-corrected chi connectivity index (χ1v) is 9.86. The molecule has 1 N–H and O–H groups in total. The second-order valence-corrected chi connectivity index (χ2v) is 8.75. The highest BCUT2D eigenvalue weighted by Crippen LogP contribution is 2.25. The van der Waals surface area contributed by atoms with Crippen molar-refractivity contribution in [3.8, 4) is 11.3 Å². The molecular formula is C16H20N2O3S2. The number of nitrogens with one attached hydrogen (secondary N) is 1. The van der Waals surface area contributed by atoms with Crippen molar-refractivity contribution < 1.29 is 13.2 Å². The predicted octanol–water partition coefficient (Wildman–Crippen LogP) is 2.74. The third-order valence-corrected chi connectivity index (χ3v) is 6.48. The van der Waals surface area contributed by atoms with Crippen molar-refractivity contribution in [3.63, 3.8) is 0 Å². The van der Waals surface area contributed by atoms with Crippen LogP contribution in [0.15, 0.2) is 40.1 Å². The molecule has 0 bridgehead atoms. The molecule has 124 valence electrons. The summed E-state index contributed by atoms with van der Waals surface area (Å²) < 4.78 is 24.6. The maximum atomic E-state index is 12.3. The van der Waals surface area contributed by atoms with E-state index in [4.69, 9.17) is 0 Å². The van der Waals surface area contributed by atoms with Crippen LogP contribution < -0.4 is 5.32 Å². The fourth-order valence-corrected chi connectivity index (χ4v) is 4.09. The maximum Gasteiger partial charge on any atom is 0.235 e. The lowest BCUT2D eigenvalue weighted by Gasteiger charge is -2.17. The zero-order valence-electron chi connectivity index (χ0n) is 13.3. The van der Waals surface area contributed by atoms with Gasteiger partial charge in [-0.1, -0.05) is 44.2 Å². The highest BCUT2D eigenvalue weighted by Gasteiger charge is 2.24. The Bertz CT molecular complexity index is 768. The third kappa shape index (κ3) is 4.62. The largest absolute Gasteiger partial charge is 0.353 e. The smallest absolute Gasteiger partial charge is 0.235 e. The lowest BCUT2D eigenvalue weighted by Crippen LogP contribution is -2.39. The molecule has 0 saturated heterocycles. The molecule has 5 nitrogen and oxygen atoms in total. The van der Waals surface area contributed by atoms with Crippen molar-refractivity contribution >= 4 is 27.1 Å². The average Bonchev–Trinajstić information content (AvgIpc) is 2.98. The second-order valence-electron chi connectivity index (χ2n) is 5.72. The van der Waals surface area contributed by atoms with E-state index in [1.165, 1.54) is 0 Å². The van der Waals surface area contributed by atoms with Crippen molar-refractivity contribution in [3.05, 3.63) is 35.7 Å². The van der Waals surface area contributed by atoms with Crippen LogP contribution in [0.4, 0.5) is 0 Å². The second kappa shape index (κ2) is 7.23. The van der Waals surface area contributed by atoms with Crippen molar-refractivity contribution in [2.45, 2.75) is 31.2 Å². The van der Waals surface area contributed by atoms with Gasteiger partial charge in [-0.2, -0.15) is 0 Å². The Morgan fingerprint density at radius 3 is 2.48 bits per heavy atom. The van der Waals surface area contributed by atoms with Crippen LogP contribution in [0.5, 0.6) is 0 Å². The number of thiazole rings is 1. The molecule has 0 aliphatic carbocycles. The maximum absolute atomic E-state index is 12.3. The monoisotopic (exact) mass is 352 g/mol. The number of hydrogen-bond acceptors (Lipinski definition) is 5. The SMILES string of the molecule is CC(C)C(C)NC(=O)CS(=O)(=O)c1nc(-c2ccccc2)cs1. The van der Waals surface area contributed by atoms with Gasteiger partial charge in [0.25, 0.3) is 0 Å². The van der Waals surface area contributed by atoms with E-state index in [0.29, 0.717) is 5.69 Å². The number of hydrogen-bond donors (Lipinski definition) is 1. The number of nitrogens with zero attached hydrogens (tertiary/aromatic N) is 1. The molecule has 0 radical (unpaired) electrons. The van der Waals surface area contributed by atoms with Gasteiger partial charge in [-0.3, -0.25) is 4.79 Å². The van der Waals surface area contributed by atoms with Gasteiger partial charge in [0.1, 0.15) is 5.75 Å². The van der Waals surface area contributed by atoms with Crippen molar-refractivity contribution in [1.82, 2.24) is 10.3 Å². The summed E-state index contributed by atoms with van der Waals surface area (Å²) in [4.78, 5) is 16.1. The summed E-state index contributed by atoms with van der Waals surface area (Å²) >= 11 is 1.04. The minimum Gasteiger partial charge on any atom is -0.353 e. The zero-order valence-corrected chi connectivity index (χ0v) is 14.9. The first-order chi connectivity index (χ1) is 10.8. The summed E-state index contributed by atoms with van der Waals surface area (Å²) in [7, 11) is -3.72. The van der Waals surface area contributed by atoms with E-state index in [1.54, 1.807) is 5.38 Å². The number of rotatable bonds is 6. The molecule has 1 amide bonds. The molecule has 1 aromatic carbocycles. The summed E-state index contributed by atoms with van der Waals surface area (Å²) in [6, 6.07) is 9.26. The third-order valence-electron chi connectivity index (χ3n) is 3.53. The molecule has 7 heteroatoms. The van der Waals surface area contributed by atoms with Crippen LogP contribution in [-0.2, 0) is 14.6 Å². The summed E-state index contributed by atoms with van der Waals surface area (Å²) in [5, 5.41) is 4.39. The molecule has 0 aliphatic heterocycles. The number of carbonyl (C=O) groups excluding carboxylic acids is 1. The quantitative estimate of drug-likeness (QED) is 0.867. The molecule has 23 heavy (non-hydrogen) atoms. The first-order valence-electron chi connectivity index (χ1n) is 7.32. The predicted molar refractivity (Wildman–Crippen MR) is 92.0 cm³/mol. The number of benzene rings is 1. The topological polar surface area (TPSA) is 76.1 Å². The van der Waals surface area contributed by atoms with Crippen LogP contribution in [0, 0.1) is 5.92 Å². The van der Waals surface area contributed by atoms with E-state index >= 15 is 0 Å². The van der Waals surface area contributed by atoms with Gasteiger partial charge in [0.2, 0.25) is 20.1 Å². The minimum atomic E-state index is -3.72. The van der Waals surface area contributed by atoms with Crippen molar-refractivity contribution in [1.29, 1.82) is 0 Å².